The molecule has 1 heterocycles. The molecule has 1 aliphatic heterocycles. The molecule has 2 aromatic carbocycles. The van der Waals surface area contributed by atoms with Gasteiger partial charge in [0.1, 0.15) is 5.56 Å². The van der Waals surface area contributed by atoms with E-state index in [0.29, 0.717) is 6.54 Å². The minimum atomic E-state index is -0.501. The summed E-state index contributed by atoms with van der Waals surface area (Å²) in [6.45, 7) is 0.554. The van der Waals surface area contributed by atoms with E-state index in [1.165, 1.54) is 17.8 Å². The summed E-state index contributed by atoms with van der Waals surface area (Å²) >= 11 is 1.46. The number of nitrogens with zero attached hydrogens (tertiary/aromatic N) is 2. The molecule has 0 aromatic heterocycles. The zero-order chi connectivity index (χ0) is 15.7. The Balaban J connectivity index is 2.04. The number of hydrogen-bond donors (Lipinski definition) is 0. The number of carbonyl (C=O) groups is 1. The van der Waals surface area contributed by atoms with E-state index in [0.717, 1.165) is 22.6 Å². The maximum atomic E-state index is 12.8. The third kappa shape index (κ3) is 2.46. The number of carbonyl (C=O) groups excluding carboxylic acids is 1. The molecule has 0 bridgehead atoms. The molecule has 1 amide bonds. The molecule has 6 heteroatoms. The highest BCUT2D eigenvalue weighted by Crippen LogP contribution is 2.32. The number of rotatable bonds is 3. The van der Waals surface area contributed by atoms with Gasteiger partial charge in [0, 0.05) is 23.2 Å². The normalized spacial score (nSPS) is 13.0. The average Bonchev–Trinajstić information content (AvgIpc) is 2.97. The number of amides is 1. The summed E-state index contributed by atoms with van der Waals surface area (Å²) in [6.07, 6.45) is 2.65. The first-order valence-corrected chi connectivity index (χ1v) is 8.06. The molecule has 0 N–H and O–H groups in total. The van der Waals surface area contributed by atoms with Gasteiger partial charge in [-0.3, -0.25) is 14.9 Å². The Morgan fingerprint density at radius 2 is 2.05 bits per heavy atom. The maximum absolute atomic E-state index is 12.8. The fraction of sp³-hybridized carbons (Fsp3) is 0.188. The van der Waals surface area contributed by atoms with Crippen molar-refractivity contribution < 1.29 is 9.72 Å². The molecule has 3 rings (SSSR count). The largest absolute Gasteiger partial charge is 0.308 e. The Morgan fingerprint density at radius 3 is 2.77 bits per heavy atom. The van der Waals surface area contributed by atoms with Crippen molar-refractivity contribution in [2.24, 2.45) is 0 Å². The molecule has 1 aliphatic rings. The summed E-state index contributed by atoms with van der Waals surface area (Å²) in [5.41, 5.74) is 1.94. The first-order chi connectivity index (χ1) is 10.6. The average molecular weight is 314 g/mol. The topological polar surface area (TPSA) is 63.5 Å². The van der Waals surface area contributed by atoms with Gasteiger partial charge in [-0.2, -0.15) is 0 Å². The van der Waals surface area contributed by atoms with Crippen LogP contribution in [0.3, 0.4) is 0 Å². The molecule has 0 saturated carbocycles. The summed E-state index contributed by atoms with van der Waals surface area (Å²) in [5.74, 6) is -0.312. The smallest absolute Gasteiger partial charge is 0.282 e. The van der Waals surface area contributed by atoms with Crippen molar-refractivity contribution in [1.82, 2.24) is 0 Å². The maximum Gasteiger partial charge on any atom is 0.282 e. The van der Waals surface area contributed by atoms with Crippen LogP contribution in [-0.2, 0) is 6.42 Å². The van der Waals surface area contributed by atoms with Crippen LogP contribution in [0.2, 0.25) is 0 Å². The highest BCUT2D eigenvalue weighted by Gasteiger charge is 2.30. The summed E-state index contributed by atoms with van der Waals surface area (Å²) in [7, 11) is 0. The van der Waals surface area contributed by atoms with E-state index in [-0.39, 0.29) is 17.2 Å². The molecule has 0 aliphatic carbocycles. The van der Waals surface area contributed by atoms with E-state index >= 15 is 0 Å². The highest BCUT2D eigenvalue weighted by atomic mass is 32.2. The van der Waals surface area contributed by atoms with Gasteiger partial charge in [-0.05, 0) is 36.4 Å². The van der Waals surface area contributed by atoms with Gasteiger partial charge in [-0.15, -0.1) is 11.8 Å². The minimum Gasteiger partial charge on any atom is -0.308 e. The van der Waals surface area contributed by atoms with Gasteiger partial charge < -0.3 is 4.90 Å². The zero-order valence-electron chi connectivity index (χ0n) is 12.0. The van der Waals surface area contributed by atoms with Crippen LogP contribution in [-0.4, -0.2) is 23.6 Å². The monoisotopic (exact) mass is 314 g/mol. The highest BCUT2D eigenvalue weighted by molar-refractivity contribution is 7.98. The predicted molar refractivity (Wildman–Crippen MR) is 86.7 cm³/mol. The minimum absolute atomic E-state index is 0.146. The molecule has 0 spiro atoms. The fourth-order valence-electron chi connectivity index (χ4n) is 2.67. The van der Waals surface area contributed by atoms with Crippen LogP contribution in [0.1, 0.15) is 15.9 Å². The van der Waals surface area contributed by atoms with Crippen LogP contribution in [0.4, 0.5) is 11.4 Å². The Bertz CT molecular complexity index is 761. The van der Waals surface area contributed by atoms with Gasteiger partial charge in [-0.1, -0.05) is 18.2 Å². The molecule has 112 valence electrons. The molecule has 0 fully saturated rings. The van der Waals surface area contributed by atoms with Crippen LogP contribution >= 0.6 is 11.8 Å². The Labute approximate surface area is 132 Å². The van der Waals surface area contributed by atoms with E-state index in [1.54, 1.807) is 17.0 Å². The third-order valence-corrected chi connectivity index (χ3v) is 4.49. The first kappa shape index (κ1) is 14.6. The second-order valence-corrected chi connectivity index (χ2v) is 5.86. The summed E-state index contributed by atoms with van der Waals surface area (Å²) in [4.78, 5) is 26.0. The second-order valence-electron chi connectivity index (χ2n) is 4.98. The van der Waals surface area contributed by atoms with Crippen molar-refractivity contribution in [3.05, 3.63) is 63.7 Å². The first-order valence-electron chi connectivity index (χ1n) is 6.84. The standard InChI is InChI=1S/C16H14N2O3S/c1-22-12-6-7-15(18(20)21)13(10-12)16(19)17-9-8-11-4-2-3-5-14(11)17/h2-7,10H,8-9H2,1H3. The molecule has 0 radical (unpaired) electrons. The lowest BCUT2D eigenvalue weighted by Gasteiger charge is -2.17. The summed E-state index contributed by atoms with van der Waals surface area (Å²) in [6, 6.07) is 12.3. The number of nitro benzene ring substituents is 1. The quantitative estimate of drug-likeness (QED) is 0.494. The van der Waals surface area contributed by atoms with Crippen LogP contribution < -0.4 is 4.90 Å². The van der Waals surface area contributed by atoms with Crippen LogP contribution in [0.15, 0.2) is 47.4 Å². The van der Waals surface area contributed by atoms with Crippen molar-refractivity contribution in [1.29, 1.82) is 0 Å². The number of hydrogen-bond acceptors (Lipinski definition) is 4. The molecule has 0 atom stereocenters. The second kappa shape index (κ2) is 5.81. The zero-order valence-corrected chi connectivity index (χ0v) is 12.8. The van der Waals surface area contributed by atoms with Crippen molar-refractivity contribution in [2.75, 3.05) is 17.7 Å². The van der Waals surface area contributed by atoms with Crippen molar-refractivity contribution >= 4 is 29.0 Å². The Hall–Kier alpha value is -2.34. The molecular weight excluding hydrogens is 300 g/mol. The number of thioether (sulfide) groups is 1. The van der Waals surface area contributed by atoms with Crippen molar-refractivity contribution in [3.63, 3.8) is 0 Å². The van der Waals surface area contributed by atoms with Crippen LogP contribution in [0, 0.1) is 10.1 Å². The van der Waals surface area contributed by atoms with Gasteiger partial charge in [0.25, 0.3) is 11.6 Å². The van der Waals surface area contributed by atoms with Gasteiger partial charge in [0.15, 0.2) is 0 Å². The lowest BCUT2D eigenvalue weighted by Crippen LogP contribution is -2.29. The van der Waals surface area contributed by atoms with Crippen molar-refractivity contribution in [2.45, 2.75) is 11.3 Å². The van der Waals surface area contributed by atoms with E-state index in [2.05, 4.69) is 0 Å². The SMILES string of the molecule is CSc1ccc([N+](=O)[O-])c(C(=O)N2CCc3ccccc32)c1. The number of fused-ring (bicyclic) bond motifs is 1. The molecule has 5 nitrogen and oxygen atoms in total. The molecule has 0 unspecified atom stereocenters. The van der Waals surface area contributed by atoms with E-state index in [9.17, 15) is 14.9 Å². The molecule has 0 saturated heterocycles. The fourth-order valence-corrected chi connectivity index (χ4v) is 3.11. The Kier molecular flexibility index (Phi) is 3.85. The van der Waals surface area contributed by atoms with E-state index < -0.39 is 4.92 Å². The Morgan fingerprint density at radius 1 is 1.27 bits per heavy atom. The third-order valence-electron chi connectivity index (χ3n) is 3.76. The van der Waals surface area contributed by atoms with Crippen LogP contribution in [0.5, 0.6) is 0 Å². The number of nitro groups is 1. The predicted octanol–water partition coefficient (Wildman–Crippen LogP) is 3.52. The van der Waals surface area contributed by atoms with E-state index in [4.69, 9.17) is 0 Å². The summed E-state index contributed by atoms with van der Waals surface area (Å²) in [5, 5.41) is 11.2. The van der Waals surface area contributed by atoms with Gasteiger partial charge in [0.05, 0.1) is 4.92 Å². The van der Waals surface area contributed by atoms with Gasteiger partial charge in [0.2, 0.25) is 0 Å². The molecule has 2 aromatic rings. The number of anilines is 1. The lowest BCUT2D eigenvalue weighted by molar-refractivity contribution is -0.385. The molecular formula is C16H14N2O3S. The van der Waals surface area contributed by atoms with Gasteiger partial charge in [-0.25, -0.2) is 0 Å². The lowest BCUT2D eigenvalue weighted by atomic mass is 10.1. The number of para-hydroxylation sites is 1. The van der Waals surface area contributed by atoms with E-state index in [1.807, 2.05) is 30.5 Å². The van der Waals surface area contributed by atoms with Crippen molar-refractivity contribution in [3.8, 4) is 0 Å². The number of benzene rings is 2. The van der Waals surface area contributed by atoms with Gasteiger partial charge >= 0.3 is 0 Å². The van der Waals surface area contributed by atoms with Crippen LogP contribution in [0.25, 0.3) is 0 Å². The summed E-state index contributed by atoms with van der Waals surface area (Å²) < 4.78 is 0. The molecule has 22 heavy (non-hydrogen) atoms.